The van der Waals surface area contributed by atoms with E-state index in [9.17, 15) is 4.79 Å². The minimum absolute atomic E-state index is 0.336. The molecule has 20 heavy (non-hydrogen) atoms. The number of methoxy groups -OCH3 is 3. The van der Waals surface area contributed by atoms with Gasteiger partial charge in [-0.15, -0.1) is 11.6 Å². The number of esters is 1. The van der Waals surface area contributed by atoms with Crippen molar-refractivity contribution in [3.63, 3.8) is 0 Å². The molecule has 0 fully saturated rings. The summed E-state index contributed by atoms with van der Waals surface area (Å²) >= 11 is 5.56. The number of benzene rings is 1. The van der Waals surface area contributed by atoms with Gasteiger partial charge >= 0.3 is 5.97 Å². The van der Waals surface area contributed by atoms with Gasteiger partial charge in [-0.05, 0) is 25.0 Å². The van der Waals surface area contributed by atoms with Gasteiger partial charge in [0.15, 0.2) is 11.5 Å². The van der Waals surface area contributed by atoms with Crippen molar-refractivity contribution in [3.05, 3.63) is 17.7 Å². The van der Waals surface area contributed by atoms with Crippen LogP contribution in [-0.2, 0) is 4.74 Å². The maximum Gasteiger partial charge on any atom is 0.338 e. The third-order valence-corrected chi connectivity index (χ3v) is 2.93. The summed E-state index contributed by atoms with van der Waals surface area (Å²) in [5, 5.41) is 0. The van der Waals surface area contributed by atoms with Gasteiger partial charge in [0.05, 0.1) is 33.5 Å². The molecule has 0 aliphatic carbocycles. The Bertz CT molecular complexity index is 422. The van der Waals surface area contributed by atoms with E-state index >= 15 is 0 Å². The Labute approximate surface area is 123 Å². The Kier molecular flexibility index (Phi) is 7.01. The Morgan fingerprint density at radius 3 is 2.10 bits per heavy atom. The normalized spacial score (nSPS) is 10.0. The molecule has 0 saturated carbocycles. The lowest BCUT2D eigenvalue weighted by atomic mass is 10.2. The van der Waals surface area contributed by atoms with Gasteiger partial charge in [0.2, 0.25) is 5.75 Å². The standard InChI is InChI=1S/C14H19ClO5/c1-17-11-8-10(9-12(18-2)13(11)19-3)14(16)20-7-5-4-6-15/h8-9H,4-7H2,1-3H3. The van der Waals surface area contributed by atoms with Crippen LogP contribution in [0.1, 0.15) is 23.2 Å². The predicted octanol–water partition coefficient (Wildman–Crippen LogP) is 2.89. The smallest absolute Gasteiger partial charge is 0.338 e. The Morgan fingerprint density at radius 2 is 1.65 bits per heavy atom. The number of ether oxygens (including phenoxy) is 4. The molecule has 0 spiro atoms. The maximum absolute atomic E-state index is 11.9. The largest absolute Gasteiger partial charge is 0.493 e. The molecule has 1 aromatic rings. The molecular formula is C14H19ClO5. The summed E-state index contributed by atoms with van der Waals surface area (Å²) in [7, 11) is 4.49. The van der Waals surface area contributed by atoms with Crippen molar-refractivity contribution in [2.45, 2.75) is 12.8 Å². The lowest BCUT2D eigenvalue weighted by Crippen LogP contribution is -2.08. The van der Waals surface area contributed by atoms with Crippen molar-refractivity contribution in [3.8, 4) is 17.2 Å². The number of alkyl halides is 1. The zero-order valence-corrected chi connectivity index (χ0v) is 12.7. The highest BCUT2D eigenvalue weighted by Crippen LogP contribution is 2.38. The topological polar surface area (TPSA) is 54.0 Å². The molecule has 6 heteroatoms. The zero-order chi connectivity index (χ0) is 15.0. The molecule has 0 aliphatic heterocycles. The van der Waals surface area contributed by atoms with E-state index in [1.54, 1.807) is 12.1 Å². The summed E-state index contributed by atoms with van der Waals surface area (Å²) in [6, 6.07) is 3.12. The molecule has 0 atom stereocenters. The van der Waals surface area contributed by atoms with E-state index in [0.717, 1.165) is 12.8 Å². The van der Waals surface area contributed by atoms with Crippen molar-refractivity contribution in [2.75, 3.05) is 33.8 Å². The summed E-state index contributed by atoms with van der Waals surface area (Å²) in [6.07, 6.45) is 1.55. The summed E-state index contributed by atoms with van der Waals surface area (Å²) in [5.74, 6) is 1.40. The van der Waals surface area contributed by atoms with E-state index in [4.69, 9.17) is 30.5 Å². The van der Waals surface area contributed by atoms with Crippen molar-refractivity contribution in [1.82, 2.24) is 0 Å². The van der Waals surface area contributed by atoms with E-state index in [1.807, 2.05) is 0 Å². The molecule has 112 valence electrons. The summed E-state index contributed by atoms with van der Waals surface area (Å²) < 4.78 is 20.7. The second-order valence-corrected chi connectivity index (χ2v) is 4.32. The van der Waals surface area contributed by atoms with Gasteiger partial charge in [-0.3, -0.25) is 0 Å². The van der Waals surface area contributed by atoms with E-state index in [2.05, 4.69) is 0 Å². The first-order valence-corrected chi connectivity index (χ1v) is 6.74. The summed E-state index contributed by atoms with van der Waals surface area (Å²) in [5.41, 5.74) is 0.352. The van der Waals surface area contributed by atoms with Crippen LogP contribution in [0.15, 0.2) is 12.1 Å². The quantitative estimate of drug-likeness (QED) is 0.420. The number of unbranched alkanes of at least 4 members (excludes halogenated alkanes) is 1. The third kappa shape index (κ3) is 4.20. The molecule has 1 rings (SSSR count). The highest BCUT2D eigenvalue weighted by molar-refractivity contribution is 6.17. The second kappa shape index (κ2) is 8.53. The first kappa shape index (κ1) is 16.4. The van der Waals surface area contributed by atoms with E-state index in [-0.39, 0.29) is 0 Å². The minimum atomic E-state index is -0.432. The van der Waals surface area contributed by atoms with Crippen molar-refractivity contribution >= 4 is 17.6 Å². The maximum atomic E-state index is 11.9. The Morgan fingerprint density at radius 1 is 1.05 bits per heavy atom. The van der Waals surface area contributed by atoms with Gasteiger partial charge in [-0.2, -0.15) is 0 Å². The third-order valence-electron chi connectivity index (χ3n) is 2.66. The number of halogens is 1. The predicted molar refractivity (Wildman–Crippen MR) is 76.3 cm³/mol. The first-order chi connectivity index (χ1) is 9.67. The first-order valence-electron chi connectivity index (χ1n) is 6.21. The number of rotatable bonds is 8. The van der Waals surface area contributed by atoms with E-state index in [1.165, 1.54) is 21.3 Å². The number of hydrogen-bond donors (Lipinski definition) is 0. The molecule has 0 N–H and O–H groups in total. The van der Waals surface area contributed by atoms with Gasteiger partial charge in [0.25, 0.3) is 0 Å². The van der Waals surface area contributed by atoms with Crippen LogP contribution in [-0.4, -0.2) is 39.8 Å². The highest BCUT2D eigenvalue weighted by atomic mass is 35.5. The molecule has 0 amide bonds. The lowest BCUT2D eigenvalue weighted by Gasteiger charge is -2.13. The molecule has 0 radical (unpaired) electrons. The molecule has 0 aromatic heterocycles. The SMILES string of the molecule is COc1cc(C(=O)OCCCCCl)cc(OC)c1OC. The average molecular weight is 303 g/mol. The van der Waals surface area contributed by atoms with Crippen LogP contribution >= 0.6 is 11.6 Å². The number of carbonyl (C=O) groups excluding carboxylic acids is 1. The number of hydrogen-bond acceptors (Lipinski definition) is 5. The minimum Gasteiger partial charge on any atom is -0.493 e. The Hall–Kier alpha value is -1.62. The van der Waals surface area contributed by atoms with E-state index < -0.39 is 5.97 Å². The van der Waals surface area contributed by atoms with Crippen LogP contribution in [0.25, 0.3) is 0 Å². The molecule has 0 unspecified atom stereocenters. The van der Waals surface area contributed by atoms with Gasteiger partial charge in [-0.1, -0.05) is 0 Å². The molecule has 0 saturated heterocycles. The van der Waals surface area contributed by atoms with E-state index in [0.29, 0.717) is 35.3 Å². The van der Waals surface area contributed by atoms with Crippen LogP contribution in [0.5, 0.6) is 17.2 Å². The van der Waals surface area contributed by atoms with Crippen LogP contribution in [0.3, 0.4) is 0 Å². The molecule has 1 aromatic carbocycles. The number of carbonyl (C=O) groups is 1. The van der Waals surface area contributed by atoms with Gasteiger partial charge in [-0.25, -0.2) is 4.79 Å². The van der Waals surface area contributed by atoms with Gasteiger partial charge in [0, 0.05) is 5.88 Å². The van der Waals surface area contributed by atoms with Crippen LogP contribution < -0.4 is 14.2 Å². The van der Waals surface area contributed by atoms with Gasteiger partial charge in [0.1, 0.15) is 0 Å². The average Bonchev–Trinajstić information content (AvgIpc) is 2.49. The van der Waals surface area contributed by atoms with Crippen molar-refractivity contribution in [1.29, 1.82) is 0 Å². The second-order valence-electron chi connectivity index (χ2n) is 3.95. The lowest BCUT2D eigenvalue weighted by molar-refractivity contribution is 0.0499. The van der Waals surface area contributed by atoms with Crippen molar-refractivity contribution in [2.24, 2.45) is 0 Å². The molecule has 0 aliphatic rings. The van der Waals surface area contributed by atoms with Crippen LogP contribution in [0, 0.1) is 0 Å². The van der Waals surface area contributed by atoms with Crippen molar-refractivity contribution < 1.29 is 23.7 Å². The summed E-state index contributed by atoms with van der Waals surface area (Å²) in [4.78, 5) is 11.9. The van der Waals surface area contributed by atoms with Crippen LogP contribution in [0.4, 0.5) is 0 Å². The molecule has 0 heterocycles. The fraction of sp³-hybridized carbons (Fsp3) is 0.500. The monoisotopic (exact) mass is 302 g/mol. The molecule has 5 nitrogen and oxygen atoms in total. The fourth-order valence-electron chi connectivity index (χ4n) is 1.64. The zero-order valence-electron chi connectivity index (χ0n) is 11.9. The molecule has 0 bridgehead atoms. The van der Waals surface area contributed by atoms with Gasteiger partial charge < -0.3 is 18.9 Å². The fourth-order valence-corrected chi connectivity index (χ4v) is 1.83. The Balaban J connectivity index is 2.86. The van der Waals surface area contributed by atoms with Crippen LogP contribution in [0.2, 0.25) is 0 Å². The highest BCUT2D eigenvalue weighted by Gasteiger charge is 2.17. The molecular weight excluding hydrogens is 284 g/mol. The summed E-state index contributed by atoms with van der Waals surface area (Å²) in [6.45, 7) is 0.336.